The molecule has 5 heteroatoms. The summed E-state index contributed by atoms with van der Waals surface area (Å²) in [6.07, 6.45) is 2.73. The predicted molar refractivity (Wildman–Crippen MR) is 64.9 cm³/mol. The van der Waals surface area contributed by atoms with Gasteiger partial charge >= 0.3 is 0 Å². The van der Waals surface area contributed by atoms with Crippen LogP contribution in [0.4, 0.5) is 0 Å². The van der Waals surface area contributed by atoms with Gasteiger partial charge in [-0.05, 0) is 36.9 Å². The smallest absolute Gasteiger partial charge is 0.271 e. The van der Waals surface area contributed by atoms with E-state index in [1.54, 1.807) is 10.9 Å². The SMILES string of the molecule is O=c1c2sccc2ncn1CCC1CNC1. The van der Waals surface area contributed by atoms with Crippen molar-refractivity contribution >= 4 is 21.6 Å². The first-order chi connectivity index (χ1) is 7.84. The molecule has 1 N–H and O–H groups in total. The number of nitrogens with zero attached hydrogens (tertiary/aromatic N) is 2. The molecule has 4 nitrogen and oxygen atoms in total. The molecule has 2 aromatic rings. The van der Waals surface area contributed by atoms with Crippen molar-refractivity contribution in [3.05, 3.63) is 28.1 Å². The van der Waals surface area contributed by atoms with Gasteiger partial charge in [0, 0.05) is 6.54 Å². The Labute approximate surface area is 96.9 Å². The molecule has 0 radical (unpaired) electrons. The fourth-order valence-corrected chi connectivity index (χ4v) is 2.71. The molecule has 2 aromatic heterocycles. The standard InChI is InChI=1S/C11H13N3OS/c15-11-10-9(2-4-16-10)13-7-14(11)3-1-8-5-12-6-8/h2,4,7-8,12H,1,3,5-6H2. The van der Waals surface area contributed by atoms with Crippen molar-refractivity contribution in [2.24, 2.45) is 5.92 Å². The van der Waals surface area contributed by atoms with Gasteiger partial charge in [-0.1, -0.05) is 0 Å². The van der Waals surface area contributed by atoms with Gasteiger partial charge in [0.05, 0.1) is 11.8 Å². The van der Waals surface area contributed by atoms with E-state index in [1.165, 1.54) is 11.3 Å². The Balaban J connectivity index is 1.85. The van der Waals surface area contributed by atoms with E-state index in [4.69, 9.17) is 0 Å². The largest absolute Gasteiger partial charge is 0.316 e. The lowest BCUT2D eigenvalue weighted by Gasteiger charge is -2.26. The monoisotopic (exact) mass is 235 g/mol. The maximum Gasteiger partial charge on any atom is 0.271 e. The zero-order chi connectivity index (χ0) is 11.0. The highest BCUT2D eigenvalue weighted by atomic mass is 32.1. The Morgan fingerprint density at radius 3 is 3.19 bits per heavy atom. The van der Waals surface area contributed by atoms with Gasteiger partial charge in [-0.25, -0.2) is 4.98 Å². The molecular weight excluding hydrogens is 222 g/mol. The average Bonchev–Trinajstić information content (AvgIpc) is 2.67. The fourth-order valence-electron chi connectivity index (χ4n) is 1.91. The summed E-state index contributed by atoms with van der Waals surface area (Å²) < 4.78 is 2.51. The van der Waals surface area contributed by atoms with Crippen LogP contribution in [0.2, 0.25) is 0 Å². The highest BCUT2D eigenvalue weighted by Gasteiger charge is 2.16. The van der Waals surface area contributed by atoms with Crippen molar-refractivity contribution in [2.45, 2.75) is 13.0 Å². The third kappa shape index (κ3) is 1.66. The second-order valence-electron chi connectivity index (χ2n) is 4.19. The number of hydrogen-bond acceptors (Lipinski definition) is 4. The van der Waals surface area contributed by atoms with Gasteiger partial charge in [-0.2, -0.15) is 0 Å². The van der Waals surface area contributed by atoms with E-state index in [2.05, 4.69) is 10.3 Å². The molecule has 1 aliphatic rings. The van der Waals surface area contributed by atoms with Crippen molar-refractivity contribution in [1.29, 1.82) is 0 Å². The first kappa shape index (κ1) is 9.99. The zero-order valence-electron chi connectivity index (χ0n) is 8.85. The van der Waals surface area contributed by atoms with Crippen LogP contribution in [-0.2, 0) is 6.54 Å². The van der Waals surface area contributed by atoms with Crippen LogP contribution in [0.1, 0.15) is 6.42 Å². The summed E-state index contributed by atoms with van der Waals surface area (Å²) in [7, 11) is 0. The third-order valence-electron chi connectivity index (χ3n) is 3.08. The number of aryl methyl sites for hydroxylation is 1. The first-order valence-corrected chi connectivity index (χ1v) is 6.36. The van der Waals surface area contributed by atoms with E-state index in [1.807, 2.05) is 11.4 Å². The summed E-state index contributed by atoms with van der Waals surface area (Å²) >= 11 is 1.47. The molecule has 3 heterocycles. The van der Waals surface area contributed by atoms with Crippen LogP contribution in [0.3, 0.4) is 0 Å². The molecule has 84 valence electrons. The normalized spacial score (nSPS) is 16.5. The van der Waals surface area contributed by atoms with E-state index < -0.39 is 0 Å². The maximum atomic E-state index is 12.0. The van der Waals surface area contributed by atoms with Crippen LogP contribution in [0.5, 0.6) is 0 Å². The second-order valence-corrected chi connectivity index (χ2v) is 5.11. The quantitative estimate of drug-likeness (QED) is 0.865. The van der Waals surface area contributed by atoms with Gasteiger partial charge in [0.2, 0.25) is 0 Å². The van der Waals surface area contributed by atoms with Crippen molar-refractivity contribution < 1.29 is 0 Å². The molecular formula is C11H13N3OS. The summed E-state index contributed by atoms with van der Waals surface area (Å²) in [5.74, 6) is 0.728. The molecule has 0 saturated carbocycles. The lowest BCUT2D eigenvalue weighted by atomic mass is 10.00. The van der Waals surface area contributed by atoms with Crippen molar-refractivity contribution in [3.8, 4) is 0 Å². The van der Waals surface area contributed by atoms with Gasteiger partial charge in [-0.3, -0.25) is 9.36 Å². The minimum atomic E-state index is 0.104. The Hall–Kier alpha value is -1.20. The Bertz CT molecular complexity index is 556. The number of fused-ring (bicyclic) bond motifs is 1. The van der Waals surface area contributed by atoms with E-state index >= 15 is 0 Å². The summed E-state index contributed by atoms with van der Waals surface area (Å²) in [4.78, 5) is 16.3. The minimum absolute atomic E-state index is 0.104. The Morgan fingerprint density at radius 2 is 2.44 bits per heavy atom. The molecule has 1 aliphatic heterocycles. The van der Waals surface area contributed by atoms with Gasteiger partial charge in [0.15, 0.2) is 0 Å². The van der Waals surface area contributed by atoms with Gasteiger partial charge in [-0.15, -0.1) is 11.3 Å². The molecule has 0 aromatic carbocycles. The summed E-state index contributed by atoms with van der Waals surface area (Å²) in [6, 6.07) is 1.89. The molecule has 0 aliphatic carbocycles. The number of hydrogen-bond donors (Lipinski definition) is 1. The van der Waals surface area contributed by atoms with E-state index in [-0.39, 0.29) is 5.56 Å². The van der Waals surface area contributed by atoms with Crippen LogP contribution in [0, 0.1) is 5.92 Å². The highest BCUT2D eigenvalue weighted by molar-refractivity contribution is 7.17. The molecule has 0 amide bonds. The van der Waals surface area contributed by atoms with Gasteiger partial charge in [0.25, 0.3) is 5.56 Å². The van der Waals surface area contributed by atoms with E-state index in [0.717, 1.165) is 42.2 Å². The van der Waals surface area contributed by atoms with Crippen molar-refractivity contribution in [3.63, 3.8) is 0 Å². The summed E-state index contributed by atoms with van der Waals surface area (Å²) in [5.41, 5.74) is 0.920. The first-order valence-electron chi connectivity index (χ1n) is 5.48. The van der Waals surface area contributed by atoms with Crippen LogP contribution in [-0.4, -0.2) is 22.6 Å². The van der Waals surface area contributed by atoms with Crippen LogP contribution in [0.15, 0.2) is 22.6 Å². The molecule has 0 spiro atoms. The number of aromatic nitrogens is 2. The van der Waals surface area contributed by atoms with E-state index in [9.17, 15) is 4.79 Å². The van der Waals surface area contributed by atoms with Crippen LogP contribution in [0.25, 0.3) is 10.2 Å². The predicted octanol–water partition coefficient (Wildman–Crippen LogP) is 1.07. The summed E-state index contributed by atoms with van der Waals surface area (Å²) in [6.45, 7) is 2.96. The fraction of sp³-hybridized carbons (Fsp3) is 0.455. The maximum absolute atomic E-state index is 12.0. The Morgan fingerprint density at radius 1 is 1.56 bits per heavy atom. The lowest BCUT2D eigenvalue weighted by molar-refractivity contribution is 0.310. The number of rotatable bonds is 3. The lowest BCUT2D eigenvalue weighted by Crippen LogP contribution is -2.42. The molecule has 0 unspecified atom stereocenters. The van der Waals surface area contributed by atoms with Gasteiger partial charge in [0.1, 0.15) is 4.70 Å². The minimum Gasteiger partial charge on any atom is -0.316 e. The molecule has 1 saturated heterocycles. The second kappa shape index (κ2) is 3.99. The van der Waals surface area contributed by atoms with Crippen LogP contribution >= 0.6 is 11.3 Å². The molecule has 1 fully saturated rings. The summed E-state index contributed by atoms with van der Waals surface area (Å²) in [5, 5.41) is 5.15. The van der Waals surface area contributed by atoms with Gasteiger partial charge < -0.3 is 5.32 Å². The van der Waals surface area contributed by atoms with Crippen molar-refractivity contribution in [1.82, 2.24) is 14.9 Å². The van der Waals surface area contributed by atoms with Crippen molar-refractivity contribution in [2.75, 3.05) is 13.1 Å². The topological polar surface area (TPSA) is 46.9 Å². The molecule has 3 rings (SSSR count). The number of thiophene rings is 1. The molecule has 0 atom stereocenters. The average molecular weight is 235 g/mol. The number of nitrogens with one attached hydrogen (secondary N) is 1. The third-order valence-corrected chi connectivity index (χ3v) is 3.97. The highest BCUT2D eigenvalue weighted by Crippen LogP contribution is 2.14. The van der Waals surface area contributed by atoms with E-state index in [0.29, 0.717) is 0 Å². The molecule has 0 bridgehead atoms. The zero-order valence-corrected chi connectivity index (χ0v) is 9.67. The molecule has 16 heavy (non-hydrogen) atoms. The van der Waals surface area contributed by atoms with Crippen LogP contribution < -0.4 is 10.9 Å². The Kier molecular flexibility index (Phi) is 2.49.